The molecule has 1 heterocycles. The fourth-order valence-corrected chi connectivity index (χ4v) is 2.45. The average Bonchev–Trinajstić information content (AvgIpc) is 2.86. The largest absolute Gasteiger partial charge is 0.454 e. The third-order valence-electron chi connectivity index (χ3n) is 3.44. The molecule has 1 N–H and O–H groups in total. The number of fused-ring (bicyclic) bond motifs is 1. The predicted molar refractivity (Wildman–Crippen MR) is 80.8 cm³/mol. The molecule has 2 aromatic carbocycles. The monoisotopic (exact) mass is 289 g/mol. The summed E-state index contributed by atoms with van der Waals surface area (Å²) in [7, 11) is 0. The molecule has 0 aliphatic carbocycles. The van der Waals surface area contributed by atoms with E-state index in [1.54, 1.807) is 6.07 Å². The number of rotatable bonds is 3. The van der Waals surface area contributed by atoms with Crippen molar-refractivity contribution in [2.45, 2.75) is 20.4 Å². The molecule has 0 fully saturated rings. The van der Waals surface area contributed by atoms with Crippen molar-refractivity contribution in [1.82, 2.24) is 0 Å². The summed E-state index contributed by atoms with van der Waals surface area (Å²) in [6.45, 7) is 5.19. The van der Waals surface area contributed by atoms with Gasteiger partial charge in [-0.3, -0.25) is 0 Å². The lowest BCUT2D eigenvalue weighted by Gasteiger charge is -2.12. The second kappa shape index (κ2) is 5.25. The van der Waals surface area contributed by atoms with Gasteiger partial charge in [-0.2, -0.15) is 0 Å². The SMILES string of the molecule is Cc1ccc(C)c(CNc2cc3c(cc2Cl)OCO3)c1. The number of nitrogens with one attached hydrogen (secondary N) is 1. The van der Waals surface area contributed by atoms with Gasteiger partial charge >= 0.3 is 0 Å². The minimum absolute atomic E-state index is 0.256. The number of halogens is 1. The van der Waals surface area contributed by atoms with Gasteiger partial charge in [0.2, 0.25) is 6.79 Å². The molecule has 0 saturated carbocycles. The molecular weight excluding hydrogens is 274 g/mol. The topological polar surface area (TPSA) is 30.5 Å². The molecule has 1 aliphatic heterocycles. The van der Waals surface area contributed by atoms with Crippen molar-refractivity contribution in [3.63, 3.8) is 0 Å². The Morgan fingerprint density at radius 1 is 1.10 bits per heavy atom. The lowest BCUT2D eigenvalue weighted by molar-refractivity contribution is 0.174. The maximum absolute atomic E-state index is 6.25. The Hall–Kier alpha value is -1.87. The molecule has 20 heavy (non-hydrogen) atoms. The van der Waals surface area contributed by atoms with E-state index < -0.39 is 0 Å². The Balaban J connectivity index is 1.80. The van der Waals surface area contributed by atoms with Gasteiger partial charge in [0.1, 0.15) is 0 Å². The van der Waals surface area contributed by atoms with E-state index in [0.717, 1.165) is 18.0 Å². The van der Waals surface area contributed by atoms with Crippen molar-refractivity contribution in [3.8, 4) is 11.5 Å². The Kier molecular flexibility index (Phi) is 3.45. The highest BCUT2D eigenvalue weighted by atomic mass is 35.5. The van der Waals surface area contributed by atoms with E-state index in [0.29, 0.717) is 10.8 Å². The van der Waals surface area contributed by atoms with Gasteiger partial charge in [-0.1, -0.05) is 35.4 Å². The third kappa shape index (κ3) is 2.54. The molecule has 0 atom stereocenters. The average molecular weight is 290 g/mol. The first-order valence-electron chi connectivity index (χ1n) is 6.52. The molecule has 0 saturated heterocycles. The van der Waals surface area contributed by atoms with Crippen molar-refractivity contribution in [3.05, 3.63) is 52.0 Å². The number of aryl methyl sites for hydroxylation is 2. The number of benzene rings is 2. The van der Waals surface area contributed by atoms with Crippen molar-refractivity contribution < 1.29 is 9.47 Å². The highest BCUT2D eigenvalue weighted by molar-refractivity contribution is 6.33. The normalized spacial score (nSPS) is 12.6. The molecule has 0 bridgehead atoms. The summed E-state index contributed by atoms with van der Waals surface area (Å²) in [4.78, 5) is 0. The fraction of sp³-hybridized carbons (Fsp3) is 0.250. The highest BCUT2D eigenvalue weighted by Gasteiger charge is 2.16. The van der Waals surface area contributed by atoms with Crippen molar-refractivity contribution in [2.75, 3.05) is 12.1 Å². The minimum atomic E-state index is 0.256. The van der Waals surface area contributed by atoms with E-state index in [9.17, 15) is 0 Å². The van der Waals surface area contributed by atoms with Crippen LogP contribution in [0.4, 0.5) is 5.69 Å². The summed E-state index contributed by atoms with van der Waals surface area (Å²) in [5.74, 6) is 1.44. The Morgan fingerprint density at radius 2 is 1.85 bits per heavy atom. The molecule has 3 nitrogen and oxygen atoms in total. The molecule has 3 rings (SSSR count). The van der Waals surface area contributed by atoms with E-state index in [4.69, 9.17) is 21.1 Å². The van der Waals surface area contributed by atoms with E-state index in [2.05, 4.69) is 37.4 Å². The van der Waals surface area contributed by atoms with Crippen LogP contribution in [0, 0.1) is 13.8 Å². The second-order valence-corrected chi connectivity index (χ2v) is 5.38. The smallest absolute Gasteiger partial charge is 0.231 e. The zero-order valence-electron chi connectivity index (χ0n) is 11.5. The van der Waals surface area contributed by atoms with Crippen molar-refractivity contribution in [2.24, 2.45) is 0 Å². The fourth-order valence-electron chi connectivity index (χ4n) is 2.23. The van der Waals surface area contributed by atoms with Gasteiger partial charge in [0.15, 0.2) is 11.5 Å². The first-order valence-corrected chi connectivity index (χ1v) is 6.90. The first kappa shape index (κ1) is 13.1. The van der Waals surface area contributed by atoms with E-state index in [1.165, 1.54) is 16.7 Å². The minimum Gasteiger partial charge on any atom is -0.454 e. The highest BCUT2D eigenvalue weighted by Crippen LogP contribution is 2.39. The van der Waals surface area contributed by atoms with Crippen LogP contribution in [0.25, 0.3) is 0 Å². The lowest BCUT2D eigenvalue weighted by atomic mass is 10.1. The molecular formula is C16H16ClNO2. The van der Waals surface area contributed by atoms with Crippen LogP contribution >= 0.6 is 11.6 Å². The summed E-state index contributed by atoms with van der Waals surface area (Å²) in [6.07, 6.45) is 0. The molecule has 0 spiro atoms. The van der Waals surface area contributed by atoms with Crippen LogP contribution < -0.4 is 14.8 Å². The summed E-state index contributed by atoms with van der Waals surface area (Å²) < 4.78 is 10.7. The Labute approximate surface area is 123 Å². The maximum Gasteiger partial charge on any atom is 0.231 e. The summed E-state index contributed by atoms with van der Waals surface area (Å²) >= 11 is 6.25. The number of hydrogen-bond acceptors (Lipinski definition) is 3. The third-order valence-corrected chi connectivity index (χ3v) is 3.75. The van der Waals surface area contributed by atoms with Crippen LogP contribution in [0.1, 0.15) is 16.7 Å². The summed E-state index contributed by atoms with van der Waals surface area (Å²) in [5, 5.41) is 4.00. The van der Waals surface area contributed by atoms with Gasteiger partial charge in [0.05, 0.1) is 10.7 Å². The number of ether oxygens (including phenoxy) is 2. The van der Waals surface area contributed by atoms with Crippen LogP contribution in [0.5, 0.6) is 11.5 Å². The Bertz CT molecular complexity index is 655. The number of hydrogen-bond donors (Lipinski definition) is 1. The van der Waals surface area contributed by atoms with E-state index in [-0.39, 0.29) is 6.79 Å². The predicted octanol–water partition coefficient (Wildman–Crippen LogP) is 4.30. The summed E-state index contributed by atoms with van der Waals surface area (Å²) in [6, 6.07) is 10.1. The molecule has 0 amide bonds. The van der Waals surface area contributed by atoms with Crippen LogP contribution in [-0.4, -0.2) is 6.79 Å². The van der Waals surface area contributed by atoms with Crippen molar-refractivity contribution >= 4 is 17.3 Å². The van der Waals surface area contributed by atoms with Gasteiger partial charge in [0.25, 0.3) is 0 Å². The number of anilines is 1. The van der Waals surface area contributed by atoms with Gasteiger partial charge < -0.3 is 14.8 Å². The maximum atomic E-state index is 6.25. The molecule has 2 aromatic rings. The molecule has 104 valence electrons. The standard InChI is InChI=1S/C16H16ClNO2/c1-10-3-4-11(2)12(5-10)8-18-14-7-16-15(6-13(14)17)19-9-20-16/h3-7,18H,8-9H2,1-2H3. The van der Waals surface area contributed by atoms with Gasteiger partial charge in [0, 0.05) is 18.7 Å². The molecule has 1 aliphatic rings. The zero-order valence-corrected chi connectivity index (χ0v) is 12.3. The van der Waals surface area contributed by atoms with Gasteiger partial charge in [-0.15, -0.1) is 0 Å². The quantitative estimate of drug-likeness (QED) is 0.914. The van der Waals surface area contributed by atoms with E-state index >= 15 is 0 Å². The van der Waals surface area contributed by atoms with Gasteiger partial charge in [-0.25, -0.2) is 0 Å². The summed E-state index contributed by atoms with van der Waals surface area (Å²) in [5.41, 5.74) is 4.64. The van der Waals surface area contributed by atoms with Gasteiger partial charge in [-0.05, 0) is 25.0 Å². The zero-order chi connectivity index (χ0) is 14.1. The Morgan fingerprint density at radius 3 is 2.65 bits per heavy atom. The lowest BCUT2D eigenvalue weighted by Crippen LogP contribution is -2.02. The first-order chi connectivity index (χ1) is 9.63. The van der Waals surface area contributed by atoms with Crippen LogP contribution in [-0.2, 0) is 6.54 Å². The van der Waals surface area contributed by atoms with E-state index in [1.807, 2.05) is 6.07 Å². The molecule has 0 aromatic heterocycles. The van der Waals surface area contributed by atoms with Crippen LogP contribution in [0.15, 0.2) is 30.3 Å². The molecule has 4 heteroatoms. The van der Waals surface area contributed by atoms with Crippen LogP contribution in [0.3, 0.4) is 0 Å². The van der Waals surface area contributed by atoms with Crippen molar-refractivity contribution in [1.29, 1.82) is 0 Å². The molecule has 0 unspecified atom stereocenters. The second-order valence-electron chi connectivity index (χ2n) is 4.97. The van der Waals surface area contributed by atoms with Crippen LogP contribution in [0.2, 0.25) is 5.02 Å². The molecule has 0 radical (unpaired) electrons.